The smallest absolute Gasteiger partial charge is 0.337 e. The Morgan fingerprint density at radius 1 is 1.32 bits per heavy atom. The minimum absolute atomic E-state index is 0.340. The Morgan fingerprint density at radius 3 is 3.00 bits per heavy atom. The lowest BCUT2D eigenvalue weighted by Gasteiger charge is -2.04. The van der Waals surface area contributed by atoms with E-state index < -0.39 is 0 Å². The van der Waals surface area contributed by atoms with Crippen molar-refractivity contribution in [3.05, 3.63) is 53.7 Å². The molecule has 0 unspecified atom stereocenters. The molecule has 0 fully saturated rings. The molecule has 0 aliphatic heterocycles. The van der Waals surface area contributed by atoms with Gasteiger partial charge in [0.1, 0.15) is 0 Å². The molecule has 6 nitrogen and oxygen atoms in total. The van der Waals surface area contributed by atoms with Crippen LogP contribution < -0.4 is 5.73 Å². The average Bonchev–Trinajstić information content (AvgIpc) is 2.94. The maximum Gasteiger partial charge on any atom is 0.337 e. The lowest BCUT2D eigenvalue weighted by atomic mass is 10.1. The molecular weight excluding hydrogens is 300 g/mol. The van der Waals surface area contributed by atoms with Crippen molar-refractivity contribution >= 4 is 29.1 Å². The third-order valence-corrected chi connectivity index (χ3v) is 4.12. The first kappa shape index (κ1) is 14.4. The fourth-order valence-electron chi connectivity index (χ4n) is 2.04. The molecule has 0 atom stereocenters. The molecule has 3 aromatic rings. The van der Waals surface area contributed by atoms with Crippen LogP contribution in [0.3, 0.4) is 0 Å². The van der Waals surface area contributed by atoms with Gasteiger partial charge in [-0.05, 0) is 29.8 Å². The summed E-state index contributed by atoms with van der Waals surface area (Å²) in [5, 5.41) is 9.00. The topological polar surface area (TPSA) is 82.5 Å². The number of esters is 1. The van der Waals surface area contributed by atoms with E-state index in [0.717, 1.165) is 16.4 Å². The number of ether oxygens (including phenoxy) is 1. The minimum atomic E-state index is -0.340. The lowest BCUT2D eigenvalue weighted by molar-refractivity contribution is 0.0600. The van der Waals surface area contributed by atoms with Crippen molar-refractivity contribution in [1.29, 1.82) is 0 Å². The molecule has 0 bridgehead atoms. The Hall–Kier alpha value is -2.54. The quantitative estimate of drug-likeness (QED) is 0.588. The van der Waals surface area contributed by atoms with Gasteiger partial charge >= 0.3 is 5.97 Å². The van der Waals surface area contributed by atoms with Gasteiger partial charge in [0.2, 0.25) is 0 Å². The predicted octanol–water partition coefficient (Wildman–Crippen LogP) is 2.39. The molecule has 7 heteroatoms. The van der Waals surface area contributed by atoms with Gasteiger partial charge in [-0.2, -0.15) is 0 Å². The standard InChI is InChI=1S/C15H14N4O2S/c1-21-14(20)11-4-2-3-10(7-11)9-22-15-18-17-13-6-5-12(16)8-19(13)15/h2-8H,9,16H2,1H3. The SMILES string of the molecule is COC(=O)c1cccc(CSc2nnc3ccc(N)cn23)c1. The molecule has 1 aromatic carbocycles. The van der Waals surface area contributed by atoms with E-state index in [2.05, 4.69) is 10.2 Å². The highest BCUT2D eigenvalue weighted by Crippen LogP contribution is 2.23. The van der Waals surface area contributed by atoms with Crippen LogP contribution in [0.5, 0.6) is 0 Å². The fraction of sp³-hybridized carbons (Fsp3) is 0.133. The monoisotopic (exact) mass is 314 g/mol. The summed E-state index contributed by atoms with van der Waals surface area (Å²) >= 11 is 1.53. The van der Waals surface area contributed by atoms with Gasteiger partial charge in [0.25, 0.3) is 0 Å². The highest BCUT2D eigenvalue weighted by Gasteiger charge is 2.09. The first-order chi connectivity index (χ1) is 10.7. The Morgan fingerprint density at radius 2 is 2.18 bits per heavy atom. The van der Waals surface area contributed by atoms with Crippen LogP contribution in [0.15, 0.2) is 47.8 Å². The minimum Gasteiger partial charge on any atom is -0.465 e. The number of anilines is 1. The van der Waals surface area contributed by atoms with Crippen LogP contribution in [0, 0.1) is 0 Å². The highest BCUT2D eigenvalue weighted by atomic mass is 32.2. The molecule has 0 saturated carbocycles. The molecule has 0 aliphatic rings. The van der Waals surface area contributed by atoms with Crippen molar-refractivity contribution in [1.82, 2.24) is 14.6 Å². The summed E-state index contributed by atoms with van der Waals surface area (Å²) in [5.41, 5.74) is 8.74. The summed E-state index contributed by atoms with van der Waals surface area (Å²) in [5.74, 6) is 0.327. The average molecular weight is 314 g/mol. The van der Waals surface area contributed by atoms with E-state index in [-0.39, 0.29) is 5.97 Å². The van der Waals surface area contributed by atoms with Gasteiger partial charge in [-0.15, -0.1) is 10.2 Å². The number of nitrogens with zero attached hydrogens (tertiary/aromatic N) is 3. The van der Waals surface area contributed by atoms with Crippen molar-refractivity contribution in [2.75, 3.05) is 12.8 Å². The van der Waals surface area contributed by atoms with Crippen molar-refractivity contribution in [3.8, 4) is 0 Å². The Labute approximate surface area is 131 Å². The normalized spacial score (nSPS) is 10.8. The summed E-state index contributed by atoms with van der Waals surface area (Å²) in [7, 11) is 1.37. The highest BCUT2D eigenvalue weighted by molar-refractivity contribution is 7.98. The molecule has 0 aliphatic carbocycles. The summed E-state index contributed by atoms with van der Waals surface area (Å²) in [4.78, 5) is 11.5. The fourth-order valence-corrected chi connectivity index (χ4v) is 2.90. The zero-order valence-electron chi connectivity index (χ0n) is 11.9. The molecule has 0 amide bonds. The number of carbonyl (C=O) groups excluding carboxylic acids is 1. The third kappa shape index (κ3) is 2.89. The number of fused-ring (bicyclic) bond motifs is 1. The van der Waals surface area contributed by atoms with Crippen LogP contribution in [-0.4, -0.2) is 27.7 Å². The number of thioether (sulfide) groups is 1. The molecular formula is C15H14N4O2S. The Bertz CT molecular complexity index is 831. The van der Waals surface area contributed by atoms with Crippen LogP contribution in [0.1, 0.15) is 15.9 Å². The number of rotatable bonds is 4. The molecule has 0 spiro atoms. The number of aromatic nitrogens is 3. The van der Waals surface area contributed by atoms with E-state index >= 15 is 0 Å². The van der Waals surface area contributed by atoms with Crippen molar-refractivity contribution in [2.24, 2.45) is 0 Å². The third-order valence-electron chi connectivity index (χ3n) is 3.11. The second-order valence-electron chi connectivity index (χ2n) is 4.65. The zero-order chi connectivity index (χ0) is 15.5. The number of hydrogen-bond acceptors (Lipinski definition) is 6. The Kier molecular flexibility index (Phi) is 3.97. The molecule has 2 aromatic heterocycles. The largest absolute Gasteiger partial charge is 0.465 e. The number of pyridine rings is 1. The molecule has 112 valence electrons. The van der Waals surface area contributed by atoms with E-state index in [1.807, 2.05) is 28.7 Å². The second-order valence-corrected chi connectivity index (χ2v) is 5.60. The van der Waals surface area contributed by atoms with Crippen LogP contribution in [0.25, 0.3) is 5.65 Å². The van der Waals surface area contributed by atoms with Gasteiger partial charge in [-0.25, -0.2) is 4.79 Å². The predicted molar refractivity (Wildman–Crippen MR) is 84.7 cm³/mol. The van der Waals surface area contributed by atoms with Crippen LogP contribution in [0.2, 0.25) is 0 Å². The maximum absolute atomic E-state index is 11.5. The lowest BCUT2D eigenvalue weighted by Crippen LogP contribution is -2.01. The van der Waals surface area contributed by atoms with Gasteiger partial charge in [0.15, 0.2) is 10.8 Å². The van der Waals surface area contributed by atoms with Crippen molar-refractivity contribution < 1.29 is 9.53 Å². The first-order valence-corrected chi connectivity index (χ1v) is 7.56. The van der Waals surface area contributed by atoms with Crippen LogP contribution >= 0.6 is 11.8 Å². The number of methoxy groups -OCH3 is 1. The van der Waals surface area contributed by atoms with Crippen molar-refractivity contribution in [3.63, 3.8) is 0 Å². The van der Waals surface area contributed by atoms with Gasteiger partial charge < -0.3 is 10.5 Å². The van der Waals surface area contributed by atoms with Gasteiger partial charge in [0, 0.05) is 17.6 Å². The van der Waals surface area contributed by atoms with E-state index in [1.165, 1.54) is 18.9 Å². The van der Waals surface area contributed by atoms with Crippen LogP contribution in [-0.2, 0) is 10.5 Å². The van der Waals surface area contributed by atoms with Gasteiger partial charge in [-0.3, -0.25) is 4.40 Å². The Balaban J connectivity index is 1.79. The number of carbonyl (C=O) groups is 1. The summed E-state index contributed by atoms with van der Waals surface area (Å²) in [6.45, 7) is 0. The summed E-state index contributed by atoms with van der Waals surface area (Å²) in [6, 6.07) is 10.9. The maximum atomic E-state index is 11.5. The van der Waals surface area contributed by atoms with Crippen LogP contribution in [0.4, 0.5) is 5.69 Å². The second kappa shape index (κ2) is 6.07. The van der Waals surface area contributed by atoms with Crippen molar-refractivity contribution in [2.45, 2.75) is 10.9 Å². The molecule has 2 N–H and O–H groups in total. The first-order valence-electron chi connectivity index (χ1n) is 6.57. The van der Waals surface area contributed by atoms with E-state index in [0.29, 0.717) is 17.0 Å². The number of nitrogen functional groups attached to an aromatic ring is 1. The van der Waals surface area contributed by atoms with E-state index in [1.54, 1.807) is 18.3 Å². The molecule has 22 heavy (non-hydrogen) atoms. The van der Waals surface area contributed by atoms with E-state index in [9.17, 15) is 4.79 Å². The zero-order valence-corrected chi connectivity index (χ0v) is 12.7. The number of nitrogens with two attached hydrogens (primary N) is 1. The summed E-state index contributed by atoms with van der Waals surface area (Å²) < 4.78 is 6.58. The van der Waals surface area contributed by atoms with E-state index in [4.69, 9.17) is 10.5 Å². The molecule has 3 rings (SSSR count). The molecule has 0 radical (unpaired) electrons. The van der Waals surface area contributed by atoms with Gasteiger partial charge in [-0.1, -0.05) is 23.9 Å². The molecule has 0 saturated heterocycles. The van der Waals surface area contributed by atoms with Gasteiger partial charge in [0.05, 0.1) is 12.7 Å². The number of benzene rings is 1. The number of hydrogen-bond donors (Lipinski definition) is 1. The summed E-state index contributed by atoms with van der Waals surface area (Å²) in [6.07, 6.45) is 1.79. The molecule has 2 heterocycles.